The summed E-state index contributed by atoms with van der Waals surface area (Å²) in [6.45, 7) is 6.31. The molecule has 10 heteroatoms. The van der Waals surface area contributed by atoms with Crippen molar-refractivity contribution in [1.82, 2.24) is 19.2 Å². The molecule has 3 aromatic rings. The molecule has 1 N–H and O–H groups in total. The minimum Gasteiger partial charge on any atom is -0.325 e. The highest BCUT2D eigenvalue weighted by atomic mass is 32.2. The molecule has 0 spiro atoms. The molecule has 0 saturated carbocycles. The van der Waals surface area contributed by atoms with Gasteiger partial charge in [0.05, 0.1) is 27.2 Å². The van der Waals surface area contributed by atoms with E-state index in [0.29, 0.717) is 25.6 Å². The van der Waals surface area contributed by atoms with Crippen LogP contribution in [0.15, 0.2) is 53.4 Å². The van der Waals surface area contributed by atoms with E-state index in [1.54, 1.807) is 0 Å². The van der Waals surface area contributed by atoms with E-state index in [9.17, 15) is 18.5 Å². The summed E-state index contributed by atoms with van der Waals surface area (Å²) in [5.74, 6) is 1.32. The fraction of sp³-hybridized carbons (Fsp3) is 0.375. The number of nitrogens with zero attached hydrogens (tertiary/aromatic N) is 4. The van der Waals surface area contributed by atoms with E-state index < -0.39 is 21.0 Å². The first kappa shape index (κ1) is 22.7. The van der Waals surface area contributed by atoms with Gasteiger partial charge in [0, 0.05) is 50.3 Å². The van der Waals surface area contributed by atoms with Crippen molar-refractivity contribution >= 4 is 15.7 Å². The quantitative estimate of drug-likeness (QED) is 0.441. The van der Waals surface area contributed by atoms with E-state index in [0.717, 1.165) is 35.7 Å². The van der Waals surface area contributed by atoms with Gasteiger partial charge in [-0.25, -0.2) is 13.4 Å². The number of nitro benzene ring substituents is 1. The van der Waals surface area contributed by atoms with Crippen LogP contribution >= 0.6 is 0 Å². The zero-order valence-electron chi connectivity index (χ0n) is 19.1. The minimum absolute atomic E-state index is 0.0568. The topological polar surface area (TPSA) is 110 Å². The van der Waals surface area contributed by atoms with Gasteiger partial charge in [-0.2, -0.15) is 4.31 Å². The van der Waals surface area contributed by atoms with E-state index in [4.69, 9.17) is 4.98 Å². The Morgan fingerprint density at radius 2 is 1.79 bits per heavy atom. The van der Waals surface area contributed by atoms with Crippen LogP contribution < -0.4 is 5.32 Å². The third kappa shape index (κ3) is 3.81. The molecule has 3 heterocycles. The fourth-order valence-corrected chi connectivity index (χ4v) is 6.42. The second kappa shape index (κ2) is 8.61. The smallest absolute Gasteiger partial charge is 0.269 e. The number of sulfonamides is 1. The van der Waals surface area contributed by atoms with Gasteiger partial charge < -0.3 is 9.88 Å². The van der Waals surface area contributed by atoms with Gasteiger partial charge in [-0.05, 0) is 23.6 Å². The van der Waals surface area contributed by atoms with E-state index in [1.807, 2.05) is 0 Å². The SMILES string of the molecule is CC(C)c1ccc(-c2nc3c4n2CCN(S(=O)(=O)c2ccc([N+](=O)[O-])cc2)C4CNCC3)cc1. The van der Waals surface area contributed by atoms with Crippen LogP contribution in [0.25, 0.3) is 11.4 Å². The monoisotopic (exact) mass is 481 g/mol. The summed E-state index contributed by atoms with van der Waals surface area (Å²) >= 11 is 0. The first-order chi connectivity index (χ1) is 16.3. The van der Waals surface area contributed by atoms with Crippen molar-refractivity contribution in [3.05, 3.63) is 75.6 Å². The molecule has 0 radical (unpaired) electrons. The fourth-order valence-electron chi connectivity index (χ4n) is 4.83. The Bertz CT molecular complexity index is 1330. The van der Waals surface area contributed by atoms with E-state index >= 15 is 0 Å². The third-order valence-corrected chi connectivity index (χ3v) is 8.58. The lowest BCUT2D eigenvalue weighted by molar-refractivity contribution is -0.384. The maximum atomic E-state index is 13.6. The molecule has 0 bridgehead atoms. The Morgan fingerprint density at radius 3 is 2.44 bits per heavy atom. The summed E-state index contributed by atoms with van der Waals surface area (Å²) in [4.78, 5) is 15.5. The normalized spacial score (nSPS) is 18.5. The zero-order chi connectivity index (χ0) is 24.0. The largest absolute Gasteiger partial charge is 0.325 e. The van der Waals surface area contributed by atoms with Crippen molar-refractivity contribution in [2.24, 2.45) is 0 Å². The van der Waals surface area contributed by atoms with Crippen LogP contribution in [0.2, 0.25) is 0 Å². The van der Waals surface area contributed by atoms with E-state index in [-0.39, 0.29) is 10.6 Å². The number of imidazole rings is 1. The van der Waals surface area contributed by atoms with Crippen molar-refractivity contribution < 1.29 is 13.3 Å². The van der Waals surface area contributed by atoms with Gasteiger partial charge in [0.25, 0.3) is 5.69 Å². The number of hydrogen-bond donors (Lipinski definition) is 1. The summed E-state index contributed by atoms with van der Waals surface area (Å²) in [5, 5.41) is 14.3. The Labute approximate surface area is 198 Å². The number of rotatable bonds is 5. The zero-order valence-corrected chi connectivity index (χ0v) is 20.0. The number of non-ortho nitro benzene ring substituents is 1. The summed E-state index contributed by atoms with van der Waals surface area (Å²) < 4.78 is 30.8. The maximum absolute atomic E-state index is 13.6. The van der Waals surface area contributed by atoms with Gasteiger partial charge in [0.15, 0.2) is 0 Å². The summed E-state index contributed by atoms with van der Waals surface area (Å²) in [7, 11) is -3.85. The molecule has 0 fully saturated rings. The molecule has 1 atom stereocenters. The standard InChI is InChI=1S/C24H27N5O4S/c1-16(2)17-3-5-18(6-4-17)24-26-21-11-12-25-15-22-23(21)27(24)13-14-28(22)34(32,33)20-9-7-19(8-10-20)29(30)31/h3-10,16,22,25H,11-15H2,1-2H3. The van der Waals surface area contributed by atoms with Crippen LogP contribution in [0.1, 0.15) is 42.8 Å². The Morgan fingerprint density at radius 1 is 1.09 bits per heavy atom. The van der Waals surface area contributed by atoms with Crippen LogP contribution in [-0.2, 0) is 23.0 Å². The van der Waals surface area contributed by atoms with Crippen molar-refractivity contribution in [2.45, 2.75) is 43.7 Å². The molecular formula is C24H27N5O4S. The summed E-state index contributed by atoms with van der Waals surface area (Å²) in [6, 6.07) is 13.1. The molecule has 2 aliphatic heterocycles. The highest BCUT2D eigenvalue weighted by Gasteiger charge is 2.40. The lowest BCUT2D eigenvalue weighted by Crippen LogP contribution is -2.45. The number of nitro groups is 1. The molecule has 0 amide bonds. The number of hydrogen-bond acceptors (Lipinski definition) is 6. The number of aromatic nitrogens is 2. The van der Waals surface area contributed by atoms with Gasteiger partial charge >= 0.3 is 0 Å². The van der Waals surface area contributed by atoms with E-state index in [2.05, 4.69) is 48.0 Å². The van der Waals surface area contributed by atoms with Crippen molar-refractivity contribution in [1.29, 1.82) is 0 Å². The molecule has 5 rings (SSSR count). The maximum Gasteiger partial charge on any atom is 0.269 e. The Kier molecular flexibility index (Phi) is 5.75. The van der Waals surface area contributed by atoms with Gasteiger partial charge in [0.2, 0.25) is 10.0 Å². The highest BCUT2D eigenvalue weighted by Crippen LogP contribution is 2.37. The molecule has 0 aliphatic carbocycles. The predicted molar refractivity (Wildman–Crippen MR) is 128 cm³/mol. The minimum atomic E-state index is -3.85. The second-order valence-corrected chi connectivity index (χ2v) is 10.9. The number of benzene rings is 2. The average Bonchev–Trinajstić information content (AvgIpc) is 3.07. The molecule has 1 aromatic heterocycles. The molecule has 2 aromatic carbocycles. The first-order valence-corrected chi connectivity index (χ1v) is 12.9. The third-order valence-electron chi connectivity index (χ3n) is 6.66. The van der Waals surface area contributed by atoms with Crippen LogP contribution in [0.4, 0.5) is 5.69 Å². The molecule has 9 nitrogen and oxygen atoms in total. The van der Waals surface area contributed by atoms with Crippen molar-refractivity contribution in [3.63, 3.8) is 0 Å². The molecule has 34 heavy (non-hydrogen) atoms. The van der Waals surface area contributed by atoms with Crippen LogP contribution in [0, 0.1) is 10.1 Å². The van der Waals surface area contributed by atoms with E-state index in [1.165, 1.54) is 34.1 Å². The lowest BCUT2D eigenvalue weighted by atomic mass is 10.0. The van der Waals surface area contributed by atoms with Gasteiger partial charge in [-0.1, -0.05) is 38.1 Å². The van der Waals surface area contributed by atoms with Gasteiger partial charge in [0.1, 0.15) is 5.82 Å². The van der Waals surface area contributed by atoms with Crippen LogP contribution in [0.3, 0.4) is 0 Å². The summed E-state index contributed by atoms with van der Waals surface area (Å²) in [5.41, 5.74) is 4.00. The van der Waals surface area contributed by atoms with Gasteiger partial charge in [-0.15, -0.1) is 0 Å². The lowest BCUT2D eigenvalue weighted by Gasteiger charge is -2.36. The second-order valence-electron chi connectivity index (χ2n) is 9.03. The predicted octanol–water partition coefficient (Wildman–Crippen LogP) is 3.47. The highest BCUT2D eigenvalue weighted by molar-refractivity contribution is 7.89. The van der Waals surface area contributed by atoms with Crippen molar-refractivity contribution in [2.75, 3.05) is 19.6 Å². The first-order valence-electron chi connectivity index (χ1n) is 11.4. The van der Waals surface area contributed by atoms with Crippen LogP contribution in [0.5, 0.6) is 0 Å². The molecule has 1 unspecified atom stereocenters. The molecule has 178 valence electrons. The molecule has 0 saturated heterocycles. The molecular weight excluding hydrogens is 454 g/mol. The summed E-state index contributed by atoms with van der Waals surface area (Å²) in [6.07, 6.45) is 0.724. The average molecular weight is 482 g/mol. The van der Waals surface area contributed by atoms with Crippen molar-refractivity contribution in [3.8, 4) is 11.4 Å². The Balaban J connectivity index is 1.54. The number of nitrogens with one attached hydrogen (secondary N) is 1. The van der Waals surface area contributed by atoms with Gasteiger partial charge in [-0.3, -0.25) is 10.1 Å². The van der Waals surface area contributed by atoms with Crippen LogP contribution in [-0.4, -0.2) is 46.8 Å². The Hall–Kier alpha value is -3.08. The molecule has 2 aliphatic rings.